The number of benzene rings is 5. The minimum absolute atomic E-state index is 0.00407. The van der Waals surface area contributed by atoms with E-state index in [0.717, 1.165) is 33.4 Å². The Bertz CT molecular complexity index is 1840. The van der Waals surface area contributed by atoms with Gasteiger partial charge in [0.25, 0.3) is 7.37 Å². The predicted octanol–water partition coefficient (Wildman–Crippen LogP) is 9.04. The Hall–Kier alpha value is -4.65. The van der Waals surface area contributed by atoms with Crippen LogP contribution in [0.25, 0.3) is 11.1 Å². The Morgan fingerprint density at radius 2 is 1.28 bits per heavy atom. The van der Waals surface area contributed by atoms with E-state index in [2.05, 4.69) is 33.4 Å². The molecule has 0 bridgehead atoms. The molecule has 0 unspecified atom stereocenters. The van der Waals surface area contributed by atoms with Crippen LogP contribution in [0.3, 0.4) is 0 Å². The molecule has 5 aromatic rings. The molecule has 0 aliphatic heterocycles. The highest BCUT2D eigenvalue weighted by Gasteiger charge is 2.30. The smallest absolute Gasteiger partial charge is 0.407 e. The Balaban J connectivity index is 1.12. The third-order valence-electron chi connectivity index (χ3n) is 8.17. The van der Waals surface area contributed by atoms with Crippen LogP contribution in [0, 0.1) is 0 Å². The van der Waals surface area contributed by atoms with Gasteiger partial charge in [-0.3, -0.25) is 4.57 Å². The van der Waals surface area contributed by atoms with Crippen molar-refractivity contribution in [3.8, 4) is 16.9 Å². The first kappa shape index (κ1) is 32.3. The van der Waals surface area contributed by atoms with E-state index in [1.54, 1.807) is 18.2 Å². The molecule has 0 heterocycles. The number of aliphatic carboxylic acids is 1. The quantitative estimate of drug-likeness (QED) is 0.125. The number of hydrogen-bond acceptors (Lipinski definition) is 5. The summed E-state index contributed by atoms with van der Waals surface area (Å²) in [7, 11) is -3.24. The maximum absolute atomic E-state index is 14.3. The standard InChI is InChI=1S/C38H33BrNO6P/c39-34-21-28(19-20-36(34)46-47(44,24-26-11-3-1-4-12-26)25-27-13-5-2-6-14-27)22-35(37(41)42)40-38(43)45-23-33-31-17-9-7-15-29(31)30-16-8-10-18-32(30)33/h1-21,33,35H,22-25H2,(H,40,43)(H,41,42)/t35-/m0/s1. The van der Waals surface area contributed by atoms with Crippen LogP contribution >= 0.6 is 23.3 Å². The number of halogens is 1. The summed E-state index contributed by atoms with van der Waals surface area (Å²) in [5, 5.41) is 12.4. The Morgan fingerprint density at radius 1 is 0.745 bits per heavy atom. The summed E-state index contributed by atoms with van der Waals surface area (Å²) in [6, 6.07) is 39.0. The van der Waals surface area contributed by atoms with Gasteiger partial charge in [0.15, 0.2) is 0 Å². The number of nitrogens with one attached hydrogen (secondary N) is 1. The lowest BCUT2D eigenvalue weighted by atomic mass is 9.98. The van der Waals surface area contributed by atoms with E-state index in [9.17, 15) is 19.3 Å². The molecule has 47 heavy (non-hydrogen) atoms. The average molecular weight is 711 g/mol. The van der Waals surface area contributed by atoms with E-state index >= 15 is 0 Å². The third-order valence-corrected chi connectivity index (χ3v) is 11.0. The first-order chi connectivity index (χ1) is 22.8. The van der Waals surface area contributed by atoms with Gasteiger partial charge in [0.05, 0.1) is 16.8 Å². The lowest BCUT2D eigenvalue weighted by molar-refractivity contribution is -0.139. The molecule has 1 amide bonds. The van der Waals surface area contributed by atoms with Crippen molar-refractivity contribution in [2.75, 3.05) is 6.61 Å². The van der Waals surface area contributed by atoms with Crippen molar-refractivity contribution >= 4 is 35.4 Å². The van der Waals surface area contributed by atoms with E-state index < -0.39 is 25.5 Å². The summed E-state index contributed by atoms with van der Waals surface area (Å²) in [6.45, 7) is 0.0792. The highest BCUT2D eigenvalue weighted by atomic mass is 79.9. The van der Waals surface area contributed by atoms with Crippen molar-refractivity contribution in [1.82, 2.24) is 5.32 Å². The number of ether oxygens (including phenoxy) is 1. The number of rotatable bonds is 12. The van der Waals surface area contributed by atoms with E-state index in [4.69, 9.17) is 9.26 Å². The first-order valence-electron chi connectivity index (χ1n) is 15.3. The normalized spacial score (nSPS) is 12.9. The van der Waals surface area contributed by atoms with E-state index in [0.29, 0.717) is 15.8 Å². The van der Waals surface area contributed by atoms with Crippen LogP contribution in [0.15, 0.2) is 132 Å². The van der Waals surface area contributed by atoms with Gasteiger partial charge in [-0.05, 0) is 67.0 Å². The molecule has 0 spiro atoms. The molecule has 6 rings (SSSR count). The number of alkyl carbamates (subject to hydrolysis) is 1. The number of carboxylic acids is 1. The lowest BCUT2D eigenvalue weighted by Gasteiger charge is -2.22. The van der Waals surface area contributed by atoms with E-state index in [1.165, 1.54) is 0 Å². The van der Waals surface area contributed by atoms with Gasteiger partial charge in [0, 0.05) is 12.3 Å². The molecule has 9 heteroatoms. The maximum Gasteiger partial charge on any atom is 0.407 e. The SMILES string of the molecule is O=C(N[C@@H](Cc1ccc(OP(=O)(Cc2ccccc2)Cc2ccccc2)c(Br)c1)C(=O)O)OCC1c2ccccc2-c2ccccc21. The Labute approximate surface area is 282 Å². The van der Waals surface area contributed by atoms with Crippen molar-refractivity contribution in [2.45, 2.75) is 30.7 Å². The zero-order valence-corrected chi connectivity index (χ0v) is 27.9. The zero-order chi connectivity index (χ0) is 32.8. The summed E-state index contributed by atoms with van der Waals surface area (Å²) in [6.07, 6.45) is -0.296. The molecule has 5 aromatic carbocycles. The molecule has 1 atom stereocenters. The first-order valence-corrected chi connectivity index (χ1v) is 18.0. The summed E-state index contributed by atoms with van der Waals surface area (Å²) >= 11 is 3.53. The minimum atomic E-state index is -3.24. The van der Waals surface area contributed by atoms with Crippen molar-refractivity contribution in [1.29, 1.82) is 0 Å². The molecule has 0 saturated carbocycles. The minimum Gasteiger partial charge on any atom is -0.480 e. The number of carbonyl (C=O) groups excluding carboxylic acids is 1. The summed E-state index contributed by atoms with van der Waals surface area (Å²) in [4.78, 5) is 25.0. The molecule has 0 fully saturated rings. The molecular weight excluding hydrogens is 677 g/mol. The average Bonchev–Trinajstić information content (AvgIpc) is 3.39. The lowest BCUT2D eigenvalue weighted by Crippen LogP contribution is -2.42. The zero-order valence-electron chi connectivity index (χ0n) is 25.4. The van der Waals surface area contributed by atoms with E-state index in [1.807, 2.05) is 97.1 Å². The van der Waals surface area contributed by atoms with Crippen LogP contribution in [0.2, 0.25) is 0 Å². The van der Waals surface area contributed by atoms with Crippen molar-refractivity contribution in [3.63, 3.8) is 0 Å². The van der Waals surface area contributed by atoms with Crippen molar-refractivity contribution < 1.29 is 28.5 Å². The number of hydrogen-bond donors (Lipinski definition) is 2. The van der Waals surface area contributed by atoms with Crippen molar-refractivity contribution in [2.24, 2.45) is 0 Å². The summed E-state index contributed by atoms with van der Waals surface area (Å²) < 4.78 is 26.6. The Kier molecular flexibility index (Phi) is 9.90. The van der Waals surface area contributed by atoms with Crippen LogP contribution in [0.5, 0.6) is 5.75 Å². The highest BCUT2D eigenvalue weighted by Crippen LogP contribution is 2.54. The fourth-order valence-electron chi connectivity index (χ4n) is 5.99. The second-order valence-corrected chi connectivity index (χ2v) is 14.8. The fraction of sp³-hybridized carbons (Fsp3) is 0.158. The van der Waals surface area contributed by atoms with Gasteiger partial charge in [-0.1, -0.05) is 115 Å². The van der Waals surface area contributed by atoms with Gasteiger partial charge in [-0.25, -0.2) is 9.59 Å². The molecule has 0 aromatic heterocycles. The molecule has 2 N–H and O–H groups in total. The van der Waals surface area contributed by atoms with E-state index in [-0.39, 0.29) is 31.3 Å². The molecule has 238 valence electrons. The van der Waals surface area contributed by atoms with Crippen LogP contribution in [-0.4, -0.2) is 29.8 Å². The molecule has 0 radical (unpaired) electrons. The van der Waals surface area contributed by atoms with Crippen LogP contribution in [0.1, 0.15) is 33.7 Å². The van der Waals surface area contributed by atoms with Gasteiger partial charge in [-0.15, -0.1) is 0 Å². The third kappa shape index (κ3) is 7.84. The number of carboxylic acid groups (broad SMARTS) is 1. The largest absolute Gasteiger partial charge is 0.480 e. The van der Waals surface area contributed by atoms with Crippen LogP contribution < -0.4 is 9.84 Å². The van der Waals surface area contributed by atoms with Gasteiger partial charge in [-0.2, -0.15) is 0 Å². The second kappa shape index (κ2) is 14.4. The summed E-state index contributed by atoms with van der Waals surface area (Å²) in [5.74, 6) is -0.940. The van der Waals surface area contributed by atoms with Gasteiger partial charge >= 0.3 is 12.1 Å². The molecule has 1 aliphatic carbocycles. The molecule has 7 nitrogen and oxygen atoms in total. The Morgan fingerprint density at radius 3 is 1.81 bits per heavy atom. The van der Waals surface area contributed by atoms with Gasteiger partial charge in [0.2, 0.25) is 0 Å². The number of carbonyl (C=O) groups is 2. The predicted molar refractivity (Wildman–Crippen MR) is 186 cm³/mol. The van der Waals surface area contributed by atoms with Crippen LogP contribution in [0.4, 0.5) is 4.79 Å². The van der Waals surface area contributed by atoms with Crippen LogP contribution in [-0.2, 0) is 32.8 Å². The number of fused-ring (bicyclic) bond motifs is 3. The molecular formula is C38H33BrNO6P. The second-order valence-electron chi connectivity index (χ2n) is 11.5. The summed E-state index contributed by atoms with van der Waals surface area (Å²) in [5.41, 5.74) is 6.80. The topological polar surface area (TPSA) is 102 Å². The van der Waals surface area contributed by atoms with Crippen molar-refractivity contribution in [3.05, 3.63) is 160 Å². The van der Waals surface area contributed by atoms with Gasteiger partial charge < -0.3 is 19.7 Å². The fourth-order valence-corrected chi connectivity index (χ4v) is 8.91. The molecule has 1 aliphatic rings. The molecule has 0 saturated heterocycles. The maximum atomic E-state index is 14.3. The number of amides is 1. The van der Waals surface area contributed by atoms with Gasteiger partial charge in [0.1, 0.15) is 18.4 Å². The highest BCUT2D eigenvalue weighted by molar-refractivity contribution is 9.10. The monoisotopic (exact) mass is 709 g/mol.